The number of aliphatic hydroxyl groups is 1. The fraction of sp³-hybridized carbons (Fsp3) is 0.257. The van der Waals surface area contributed by atoms with Crippen molar-refractivity contribution in [2.24, 2.45) is 5.92 Å². The number of hydrogen-bond acceptors (Lipinski definition) is 8. The highest BCUT2D eigenvalue weighted by Gasteiger charge is 2.60. The van der Waals surface area contributed by atoms with Crippen molar-refractivity contribution in [2.45, 2.75) is 17.7 Å². The lowest BCUT2D eigenvalue weighted by Crippen LogP contribution is -2.54. The summed E-state index contributed by atoms with van der Waals surface area (Å²) in [5, 5.41) is 11.9. The van der Waals surface area contributed by atoms with Crippen LogP contribution in [0.4, 0.5) is 0 Å². The summed E-state index contributed by atoms with van der Waals surface area (Å²) in [6.07, 6.45) is -1.38. The molecular weight excluding hydrogens is 546 g/mol. The van der Waals surface area contributed by atoms with E-state index in [2.05, 4.69) is 12.1 Å². The molecule has 0 radical (unpaired) electrons. The van der Waals surface area contributed by atoms with Gasteiger partial charge in [-0.3, -0.25) is 14.5 Å². The highest BCUT2D eigenvalue weighted by Crippen LogP contribution is 2.57. The summed E-state index contributed by atoms with van der Waals surface area (Å²) in [6, 6.07) is 28.1. The number of aliphatic hydroxyl groups excluding tert-OH is 1. The molecule has 0 spiro atoms. The van der Waals surface area contributed by atoms with Crippen LogP contribution < -0.4 is 14.2 Å². The predicted octanol–water partition coefficient (Wildman–Crippen LogP) is 4.76. The van der Waals surface area contributed by atoms with Crippen LogP contribution in [-0.4, -0.2) is 62.8 Å². The van der Waals surface area contributed by atoms with E-state index in [0.717, 1.165) is 27.8 Å². The van der Waals surface area contributed by atoms with Gasteiger partial charge in [-0.2, -0.15) is 0 Å². The molecule has 0 amide bonds. The second-order valence-corrected chi connectivity index (χ2v) is 10.7. The predicted molar refractivity (Wildman–Crippen MR) is 160 cm³/mol. The maximum atomic E-state index is 14.1. The third-order valence-electron chi connectivity index (χ3n) is 8.73. The summed E-state index contributed by atoms with van der Waals surface area (Å²) in [5.74, 6) is -1.03. The lowest BCUT2D eigenvalue weighted by Gasteiger charge is -2.44. The third-order valence-corrected chi connectivity index (χ3v) is 8.73. The van der Waals surface area contributed by atoms with E-state index in [9.17, 15) is 14.7 Å². The molecule has 43 heavy (non-hydrogen) atoms. The molecular formula is C35H33NO7. The normalized spacial score (nSPS) is 19.3. The number of methoxy groups -OCH3 is 4. The molecule has 0 unspecified atom stereocenters. The number of rotatable bonds is 8. The van der Waals surface area contributed by atoms with E-state index in [0.29, 0.717) is 22.8 Å². The largest absolute Gasteiger partial charge is 0.493 e. The Morgan fingerprint density at radius 1 is 0.814 bits per heavy atom. The lowest BCUT2D eigenvalue weighted by molar-refractivity contribution is -0.151. The third kappa shape index (κ3) is 4.20. The van der Waals surface area contributed by atoms with E-state index in [-0.39, 0.29) is 12.3 Å². The van der Waals surface area contributed by atoms with Crippen molar-refractivity contribution < 1.29 is 33.6 Å². The number of carbonyl (C=O) groups is 2. The van der Waals surface area contributed by atoms with E-state index < -0.39 is 29.6 Å². The molecule has 2 aliphatic rings. The Labute approximate surface area is 250 Å². The fourth-order valence-electron chi connectivity index (χ4n) is 6.97. The second-order valence-electron chi connectivity index (χ2n) is 10.7. The van der Waals surface area contributed by atoms with Gasteiger partial charge in [0.25, 0.3) is 0 Å². The van der Waals surface area contributed by atoms with Crippen LogP contribution in [0.2, 0.25) is 0 Å². The monoisotopic (exact) mass is 579 g/mol. The van der Waals surface area contributed by atoms with Crippen LogP contribution in [0.15, 0.2) is 91.0 Å². The Morgan fingerprint density at radius 2 is 1.35 bits per heavy atom. The highest BCUT2D eigenvalue weighted by atomic mass is 16.5. The summed E-state index contributed by atoms with van der Waals surface area (Å²) in [4.78, 5) is 29.9. The Kier molecular flexibility index (Phi) is 7.42. The molecule has 8 nitrogen and oxygen atoms in total. The van der Waals surface area contributed by atoms with Gasteiger partial charge in [-0.05, 0) is 45.5 Å². The van der Waals surface area contributed by atoms with E-state index in [1.54, 1.807) is 12.1 Å². The number of ether oxygens (including phenoxy) is 4. The minimum absolute atomic E-state index is 0.0938. The first-order chi connectivity index (χ1) is 20.9. The Hall–Kier alpha value is -4.66. The van der Waals surface area contributed by atoms with Crippen LogP contribution in [0.1, 0.15) is 28.4 Å². The lowest BCUT2D eigenvalue weighted by atomic mass is 9.78. The fourth-order valence-corrected chi connectivity index (χ4v) is 6.97. The molecule has 4 aromatic rings. The second kappa shape index (κ2) is 11.2. The smallest absolute Gasteiger partial charge is 0.324 e. The number of likely N-dealkylation sites (tertiary alicyclic amines) is 1. The molecule has 4 aromatic carbocycles. The average molecular weight is 580 g/mol. The number of ketones is 1. The maximum absolute atomic E-state index is 14.1. The van der Waals surface area contributed by atoms with Crippen molar-refractivity contribution in [1.29, 1.82) is 0 Å². The minimum Gasteiger partial charge on any atom is -0.493 e. The van der Waals surface area contributed by atoms with Crippen molar-refractivity contribution in [3.8, 4) is 28.4 Å². The molecule has 8 heteroatoms. The zero-order valence-electron chi connectivity index (χ0n) is 24.4. The molecule has 0 bridgehead atoms. The SMILES string of the molecule is COC(=O)[C@@H]1[C@@H]([C@H](O)c2cc(OC)c(OC)c(OC)c2)C(=O)CN1C1(c2ccccc2)c2ccccc2-c2ccccc21. The van der Waals surface area contributed by atoms with Crippen LogP contribution >= 0.6 is 0 Å². The van der Waals surface area contributed by atoms with Crippen molar-refractivity contribution >= 4 is 11.8 Å². The van der Waals surface area contributed by atoms with Crippen molar-refractivity contribution in [3.05, 3.63) is 113 Å². The Bertz CT molecular complexity index is 1610. The van der Waals surface area contributed by atoms with Gasteiger partial charge in [0.1, 0.15) is 6.04 Å². The van der Waals surface area contributed by atoms with Gasteiger partial charge in [0.05, 0.1) is 52.5 Å². The summed E-state index contributed by atoms with van der Waals surface area (Å²) in [6.45, 7) is -0.0938. The van der Waals surface area contributed by atoms with E-state index in [1.165, 1.54) is 28.4 Å². The number of benzene rings is 4. The zero-order chi connectivity index (χ0) is 30.3. The van der Waals surface area contributed by atoms with Crippen LogP contribution in [0.25, 0.3) is 11.1 Å². The average Bonchev–Trinajstić information content (AvgIpc) is 3.56. The first-order valence-corrected chi connectivity index (χ1v) is 14.0. The number of esters is 1. The van der Waals surface area contributed by atoms with Crippen molar-refractivity contribution in [2.75, 3.05) is 35.0 Å². The molecule has 3 atom stereocenters. The molecule has 1 aliphatic heterocycles. The molecule has 1 saturated heterocycles. The molecule has 220 valence electrons. The Morgan fingerprint density at radius 3 is 1.86 bits per heavy atom. The summed E-state index contributed by atoms with van der Waals surface area (Å²) < 4.78 is 21.8. The van der Waals surface area contributed by atoms with E-state index >= 15 is 0 Å². The molecule has 1 N–H and O–H groups in total. The first-order valence-electron chi connectivity index (χ1n) is 14.0. The topological polar surface area (TPSA) is 94.5 Å². The van der Waals surface area contributed by atoms with Crippen LogP contribution in [0.3, 0.4) is 0 Å². The Balaban J connectivity index is 1.58. The van der Waals surface area contributed by atoms with Gasteiger partial charge in [-0.25, -0.2) is 0 Å². The number of hydrogen-bond donors (Lipinski definition) is 1. The number of carbonyl (C=O) groups excluding carboxylic acids is 2. The molecule has 0 saturated carbocycles. The van der Waals surface area contributed by atoms with E-state index in [4.69, 9.17) is 18.9 Å². The van der Waals surface area contributed by atoms with Gasteiger partial charge in [0, 0.05) is 0 Å². The number of nitrogens with zero attached hydrogens (tertiary/aromatic N) is 1. The molecule has 0 aromatic heterocycles. The zero-order valence-corrected chi connectivity index (χ0v) is 24.4. The summed E-state index contributed by atoms with van der Waals surface area (Å²) in [7, 11) is 5.75. The molecule has 1 fully saturated rings. The first kappa shape index (κ1) is 28.5. The van der Waals surface area contributed by atoms with Crippen LogP contribution in [-0.2, 0) is 19.9 Å². The quantitative estimate of drug-likeness (QED) is 0.299. The highest BCUT2D eigenvalue weighted by molar-refractivity contribution is 5.96. The standard InChI is InChI=1S/C35H33NO7/c1-40-28-18-21(19-29(41-2)33(28)42-3)32(38)30-27(37)20-36(31(30)34(39)43-4)35(22-12-6-5-7-13-22)25-16-10-8-14-23(25)24-15-9-11-17-26(24)35/h5-19,30-32,38H,20H2,1-4H3/t30-,31-,32+/m0/s1. The summed E-state index contributed by atoms with van der Waals surface area (Å²) >= 11 is 0. The van der Waals surface area contributed by atoms with Crippen LogP contribution in [0, 0.1) is 5.92 Å². The minimum atomic E-state index is -1.38. The van der Waals surface area contributed by atoms with Gasteiger partial charge in [0.15, 0.2) is 17.3 Å². The number of fused-ring (bicyclic) bond motifs is 3. The molecule has 1 heterocycles. The van der Waals surface area contributed by atoms with Gasteiger partial charge < -0.3 is 24.1 Å². The van der Waals surface area contributed by atoms with E-state index in [1.807, 2.05) is 71.6 Å². The van der Waals surface area contributed by atoms with Gasteiger partial charge >= 0.3 is 5.97 Å². The van der Waals surface area contributed by atoms with Gasteiger partial charge in [-0.15, -0.1) is 0 Å². The van der Waals surface area contributed by atoms with Gasteiger partial charge in [0.2, 0.25) is 5.75 Å². The van der Waals surface area contributed by atoms with Crippen LogP contribution in [0.5, 0.6) is 17.2 Å². The van der Waals surface area contributed by atoms with Gasteiger partial charge in [-0.1, -0.05) is 78.9 Å². The van der Waals surface area contributed by atoms with Crippen molar-refractivity contribution in [3.63, 3.8) is 0 Å². The summed E-state index contributed by atoms with van der Waals surface area (Å²) in [5.41, 5.74) is 4.19. The molecule has 1 aliphatic carbocycles. The maximum Gasteiger partial charge on any atom is 0.324 e. The molecule has 6 rings (SSSR count). The van der Waals surface area contributed by atoms with Crippen molar-refractivity contribution in [1.82, 2.24) is 4.90 Å². The number of Topliss-reactive ketones (excluding diaryl/α,β-unsaturated/α-hetero) is 1.